The van der Waals surface area contributed by atoms with Crippen molar-refractivity contribution < 1.29 is 56.5 Å². The standard InChI is InChI=1S/C7H14N2O.K/c1-7(10)9-5-3-8(2)4-6-9;/h10H,1,3-6H2,2H3;/q;+1/p-1. The van der Waals surface area contributed by atoms with Crippen LogP contribution >= 0.6 is 0 Å². The Morgan fingerprint density at radius 3 is 2.09 bits per heavy atom. The second kappa shape index (κ2) is 5.56. The van der Waals surface area contributed by atoms with E-state index in [0.29, 0.717) is 0 Å². The van der Waals surface area contributed by atoms with Crippen LogP contribution in [0.2, 0.25) is 0 Å². The Morgan fingerprint density at radius 2 is 1.73 bits per heavy atom. The third-order valence-corrected chi connectivity index (χ3v) is 1.86. The van der Waals surface area contributed by atoms with E-state index in [1.54, 1.807) is 4.90 Å². The van der Waals surface area contributed by atoms with Crippen LogP contribution in [0.3, 0.4) is 0 Å². The quantitative estimate of drug-likeness (QED) is 0.305. The number of piperazine rings is 1. The minimum absolute atomic E-state index is 0. The van der Waals surface area contributed by atoms with Crippen molar-refractivity contribution >= 4 is 0 Å². The molecule has 1 rings (SSSR count). The molecule has 0 saturated carbocycles. The summed E-state index contributed by atoms with van der Waals surface area (Å²) in [6, 6.07) is 0. The Bertz CT molecular complexity index is 132. The van der Waals surface area contributed by atoms with Gasteiger partial charge in [-0.1, -0.05) is 6.58 Å². The molecule has 0 amide bonds. The van der Waals surface area contributed by atoms with Gasteiger partial charge in [-0.3, -0.25) is 0 Å². The van der Waals surface area contributed by atoms with E-state index in [1.165, 1.54) is 0 Å². The molecule has 0 atom stereocenters. The van der Waals surface area contributed by atoms with Gasteiger partial charge in [-0.2, -0.15) is 0 Å². The van der Waals surface area contributed by atoms with Crippen LogP contribution in [0.15, 0.2) is 12.5 Å². The Labute approximate surface area is 110 Å². The zero-order chi connectivity index (χ0) is 7.56. The van der Waals surface area contributed by atoms with Gasteiger partial charge in [0.05, 0.1) is 0 Å². The first-order valence-electron chi connectivity index (χ1n) is 3.49. The smallest absolute Gasteiger partial charge is 0.861 e. The molecular formula is C7H13KN2O. The minimum atomic E-state index is -0.0481. The van der Waals surface area contributed by atoms with Crippen molar-refractivity contribution in [1.82, 2.24) is 9.80 Å². The zero-order valence-corrected chi connectivity index (χ0v) is 10.5. The number of nitrogens with zero attached hydrogens (tertiary/aromatic N) is 2. The molecule has 0 spiro atoms. The molecule has 1 aliphatic heterocycles. The summed E-state index contributed by atoms with van der Waals surface area (Å²) in [5, 5.41) is 10.7. The van der Waals surface area contributed by atoms with E-state index < -0.39 is 0 Å². The van der Waals surface area contributed by atoms with Crippen molar-refractivity contribution in [3.05, 3.63) is 12.5 Å². The van der Waals surface area contributed by atoms with Crippen LogP contribution in [-0.4, -0.2) is 43.0 Å². The first-order chi connectivity index (χ1) is 4.70. The van der Waals surface area contributed by atoms with Gasteiger partial charge in [0.15, 0.2) is 0 Å². The Morgan fingerprint density at radius 1 is 1.27 bits per heavy atom. The zero-order valence-electron chi connectivity index (χ0n) is 7.34. The molecule has 1 heterocycles. The predicted molar refractivity (Wildman–Crippen MR) is 38.2 cm³/mol. The van der Waals surface area contributed by atoms with Crippen molar-refractivity contribution in [2.45, 2.75) is 0 Å². The van der Waals surface area contributed by atoms with Crippen LogP contribution < -0.4 is 56.5 Å². The molecule has 11 heavy (non-hydrogen) atoms. The van der Waals surface area contributed by atoms with E-state index in [-0.39, 0.29) is 57.3 Å². The van der Waals surface area contributed by atoms with E-state index in [1.807, 2.05) is 0 Å². The van der Waals surface area contributed by atoms with E-state index in [2.05, 4.69) is 18.5 Å². The van der Waals surface area contributed by atoms with Crippen LogP contribution in [0.5, 0.6) is 0 Å². The number of rotatable bonds is 1. The maximum atomic E-state index is 10.7. The largest absolute Gasteiger partial charge is 1.00 e. The molecule has 0 aromatic rings. The Kier molecular flexibility index (Phi) is 6.03. The van der Waals surface area contributed by atoms with Gasteiger partial charge in [0, 0.05) is 26.2 Å². The van der Waals surface area contributed by atoms with Crippen LogP contribution in [0, 0.1) is 0 Å². The molecule has 1 fully saturated rings. The normalized spacial score (nSPS) is 19.2. The van der Waals surface area contributed by atoms with Gasteiger partial charge in [-0.05, 0) is 12.9 Å². The summed E-state index contributed by atoms with van der Waals surface area (Å²) in [7, 11) is 2.06. The Balaban J connectivity index is 0.000001000. The molecule has 58 valence electrons. The summed E-state index contributed by atoms with van der Waals surface area (Å²) in [4.78, 5) is 3.99. The molecule has 0 N–H and O–H groups in total. The molecule has 1 saturated heterocycles. The van der Waals surface area contributed by atoms with Gasteiger partial charge < -0.3 is 14.9 Å². The first-order valence-corrected chi connectivity index (χ1v) is 3.49. The van der Waals surface area contributed by atoms with Gasteiger partial charge >= 0.3 is 51.4 Å². The summed E-state index contributed by atoms with van der Waals surface area (Å²) in [6.45, 7) is 6.97. The second-order valence-corrected chi connectivity index (χ2v) is 2.68. The fraction of sp³-hybridized carbons (Fsp3) is 0.714. The summed E-state index contributed by atoms with van der Waals surface area (Å²) in [5.41, 5.74) is 0. The molecule has 0 unspecified atom stereocenters. The molecule has 0 aliphatic carbocycles. The van der Waals surface area contributed by atoms with Crippen LogP contribution in [0.4, 0.5) is 0 Å². The van der Waals surface area contributed by atoms with Crippen molar-refractivity contribution in [2.24, 2.45) is 0 Å². The van der Waals surface area contributed by atoms with Gasteiger partial charge in [-0.25, -0.2) is 0 Å². The topological polar surface area (TPSA) is 29.5 Å². The number of hydrogen-bond acceptors (Lipinski definition) is 3. The van der Waals surface area contributed by atoms with Crippen molar-refractivity contribution in [3.63, 3.8) is 0 Å². The van der Waals surface area contributed by atoms with Crippen LogP contribution in [0.1, 0.15) is 0 Å². The summed E-state index contributed by atoms with van der Waals surface area (Å²) < 4.78 is 0. The molecule has 0 radical (unpaired) electrons. The van der Waals surface area contributed by atoms with Gasteiger partial charge in [0.1, 0.15) is 0 Å². The number of hydrogen-bond donors (Lipinski definition) is 0. The number of likely N-dealkylation sites (N-methyl/N-ethyl adjacent to an activating group) is 1. The molecule has 0 aromatic carbocycles. The average Bonchev–Trinajstić information content (AvgIpc) is 1.88. The monoisotopic (exact) mass is 180 g/mol. The van der Waals surface area contributed by atoms with E-state index >= 15 is 0 Å². The summed E-state index contributed by atoms with van der Waals surface area (Å²) in [6.07, 6.45) is 0. The van der Waals surface area contributed by atoms with Crippen LogP contribution in [-0.2, 0) is 0 Å². The summed E-state index contributed by atoms with van der Waals surface area (Å²) in [5.74, 6) is -0.0481. The van der Waals surface area contributed by atoms with Crippen molar-refractivity contribution in [1.29, 1.82) is 0 Å². The molecule has 4 heteroatoms. The average molecular weight is 180 g/mol. The van der Waals surface area contributed by atoms with Crippen molar-refractivity contribution in [2.75, 3.05) is 33.2 Å². The van der Waals surface area contributed by atoms with Crippen LogP contribution in [0.25, 0.3) is 0 Å². The minimum Gasteiger partial charge on any atom is -0.861 e. The second-order valence-electron chi connectivity index (χ2n) is 2.68. The van der Waals surface area contributed by atoms with Crippen molar-refractivity contribution in [3.8, 4) is 0 Å². The van der Waals surface area contributed by atoms with E-state index in [0.717, 1.165) is 26.2 Å². The van der Waals surface area contributed by atoms with Gasteiger partial charge in [0.25, 0.3) is 0 Å². The fourth-order valence-electron chi connectivity index (χ4n) is 1.06. The molecule has 3 nitrogen and oxygen atoms in total. The maximum Gasteiger partial charge on any atom is 1.00 e. The van der Waals surface area contributed by atoms with Gasteiger partial charge in [-0.15, -0.1) is 0 Å². The summed E-state index contributed by atoms with van der Waals surface area (Å²) >= 11 is 0. The first kappa shape index (κ1) is 11.9. The van der Waals surface area contributed by atoms with Gasteiger partial charge in [0.2, 0.25) is 0 Å². The fourth-order valence-corrected chi connectivity index (χ4v) is 1.06. The van der Waals surface area contributed by atoms with E-state index in [4.69, 9.17) is 0 Å². The van der Waals surface area contributed by atoms with E-state index in [9.17, 15) is 5.11 Å². The molecule has 0 bridgehead atoms. The molecule has 0 aromatic heterocycles. The SMILES string of the molecule is C=C([O-])N1CCN(C)CC1.[K+]. The third-order valence-electron chi connectivity index (χ3n) is 1.86. The predicted octanol–water partition coefficient (Wildman–Crippen LogP) is -3.93. The molecule has 1 aliphatic rings. The third kappa shape index (κ3) is 3.91. The molecular weight excluding hydrogens is 167 g/mol. The maximum absolute atomic E-state index is 10.7. The Hall–Kier alpha value is 0.936.